The Kier molecular flexibility index (Phi) is 4.52. The van der Waals surface area contributed by atoms with Crippen molar-refractivity contribution in [1.82, 2.24) is 0 Å². The summed E-state index contributed by atoms with van der Waals surface area (Å²) >= 11 is 0. The minimum atomic E-state index is -1.45. The predicted octanol–water partition coefficient (Wildman–Crippen LogP) is 3.05. The summed E-state index contributed by atoms with van der Waals surface area (Å²) in [5.74, 6) is -0.174. The molecule has 0 aromatic rings. The van der Waals surface area contributed by atoms with Crippen LogP contribution in [0.3, 0.4) is 0 Å². The zero-order chi connectivity index (χ0) is 10.6. The van der Waals surface area contributed by atoms with Crippen LogP contribution in [0.2, 0.25) is 0 Å². The maximum Gasteiger partial charge on any atom is 0.157 e. The molecule has 0 saturated heterocycles. The van der Waals surface area contributed by atoms with Gasteiger partial charge in [-0.1, -0.05) is 19.1 Å². The Balaban J connectivity index is 2.38. The number of halogens is 2. The van der Waals surface area contributed by atoms with Gasteiger partial charge in [-0.2, -0.15) is 0 Å². The van der Waals surface area contributed by atoms with Gasteiger partial charge in [0.05, 0.1) is 12.7 Å². The lowest BCUT2D eigenvalue weighted by atomic mass is 9.85. The third kappa shape index (κ3) is 2.77. The summed E-state index contributed by atoms with van der Waals surface area (Å²) in [5.41, 5.74) is 0. The van der Waals surface area contributed by atoms with Crippen LogP contribution in [0.4, 0.5) is 8.78 Å². The molecule has 3 heteroatoms. The Bertz CT molecular complexity index is 194. The highest BCUT2D eigenvalue weighted by atomic mass is 19.2. The molecule has 4 unspecified atom stereocenters. The molecule has 0 bridgehead atoms. The molecular weight excluding hydrogens is 186 g/mol. The minimum absolute atomic E-state index is 0.174. The summed E-state index contributed by atoms with van der Waals surface area (Å²) in [7, 11) is 0. The van der Waals surface area contributed by atoms with E-state index in [2.05, 4.69) is 0 Å². The molecule has 1 aliphatic rings. The Morgan fingerprint density at radius 2 is 2.00 bits per heavy atom. The van der Waals surface area contributed by atoms with Crippen molar-refractivity contribution in [3.8, 4) is 0 Å². The first-order chi connectivity index (χ1) is 6.66. The highest BCUT2D eigenvalue weighted by Crippen LogP contribution is 2.31. The second kappa shape index (κ2) is 5.44. The Morgan fingerprint density at radius 1 is 1.29 bits per heavy atom. The third-order valence-electron chi connectivity index (χ3n) is 2.75. The van der Waals surface area contributed by atoms with E-state index in [1.165, 1.54) is 0 Å². The largest absolute Gasteiger partial charge is 0.371 e. The van der Waals surface area contributed by atoms with E-state index in [9.17, 15) is 8.78 Å². The molecule has 0 aliphatic heterocycles. The zero-order valence-corrected chi connectivity index (χ0v) is 8.75. The van der Waals surface area contributed by atoms with Gasteiger partial charge in [0.15, 0.2) is 6.17 Å². The Morgan fingerprint density at radius 3 is 2.64 bits per heavy atom. The van der Waals surface area contributed by atoms with E-state index in [0.717, 1.165) is 0 Å². The van der Waals surface area contributed by atoms with Gasteiger partial charge >= 0.3 is 0 Å². The van der Waals surface area contributed by atoms with Gasteiger partial charge in [0, 0.05) is 0 Å². The number of alkyl halides is 2. The van der Waals surface area contributed by atoms with Crippen LogP contribution < -0.4 is 0 Å². The molecule has 0 N–H and O–H groups in total. The lowest BCUT2D eigenvalue weighted by Crippen LogP contribution is -2.41. The average Bonchev–Trinajstić information content (AvgIpc) is 2.18. The fourth-order valence-electron chi connectivity index (χ4n) is 1.72. The molecule has 1 nitrogen and oxygen atoms in total. The minimum Gasteiger partial charge on any atom is -0.371 e. The van der Waals surface area contributed by atoms with Crippen molar-refractivity contribution in [3.63, 3.8) is 0 Å². The Labute approximate surface area is 84.1 Å². The molecule has 14 heavy (non-hydrogen) atoms. The number of ether oxygens (including phenoxy) is 1. The predicted molar refractivity (Wildman–Crippen MR) is 52.7 cm³/mol. The molecule has 1 saturated carbocycles. The van der Waals surface area contributed by atoms with Gasteiger partial charge in [-0.25, -0.2) is 8.78 Å². The van der Waals surface area contributed by atoms with E-state index in [1.54, 1.807) is 13.0 Å². The van der Waals surface area contributed by atoms with Gasteiger partial charge in [0.1, 0.15) is 6.17 Å². The SMILES string of the molecule is CC=CCOC1CCC(C)C(F)C1F. The number of hydrogen-bond acceptors (Lipinski definition) is 1. The molecule has 82 valence electrons. The third-order valence-corrected chi connectivity index (χ3v) is 2.75. The maximum atomic E-state index is 13.4. The van der Waals surface area contributed by atoms with Crippen LogP contribution >= 0.6 is 0 Å². The average molecular weight is 204 g/mol. The monoisotopic (exact) mass is 204 g/mol. The molecule has 0 heterocycles. The van der Waals surface area contributed by atoms with Crippen LogP contribution in [0.1, 0.15) is 26.7 Å². The lowest BCUT2D eigenvalue weighted by Gasteiger charge is -2.32. The summed E-state index contributed by atoms with van der Waals surface area (Å²) in [6.07, 6.45) is 1.60. The number of rotatable bonds is 3. The Hall–Kier alpha value is -0.440. The summed E-state index contributed by atoms with van der Waals surface area (Å²) in [6.45, 7) is 4.00. The fraction of sp³-hybridized carbons (Fsp3) is 0.818. The smallest absolute Gasteiger partial charge is 0.157 e. The molecule has 0 aromatic carbocycles. The highest BCUT2D eigenvalue weighted by molar-refractivity contribution is 4.88. The topological polar surface area (TPSA) is 9.23 Å². The van der Waals surface area contributed by atoms with Crippen molar-refractivity contribution in [2.24, 2.45) is 5.92 Å². The van der Waals surface area contributed by atoms with E-state index in [0.29, 0.717) is 19.4 Å². The molecule has 0 radical (unpaired) electrons. The van der Waals surface area contributed by atoms with Crippen molar-refractivity contribution < 1.29 is 13.5 Å². The van der Waals surface area contributed by atoms with Crippen LogP contribution in [0.15, 0.2) is 12.2 Å². The second-order valence-corrected chi connectivity index (χ2v) is 3.88. The van der Waals surface area contributed by atoms with E-state index in [4.69, 9.17) is 4.74 Å². The van der Waals surface area contributed by atoms with Crippen LogP contribution in [-0.2, 0) is 4.74 Å². The molecule has 0 aromatic heterocycles. The van der Waals surface area contributed by atoms with E-state index < -0.39 is 18.4 Å². The summed E-state index contributed by atoms with van der Waals surface area (Å²) < 4.78 is 31.9. The first kappa shape index (κ1) is 11.6. The molecular formula is C11H18F2O. The van der Waals surface area contributed by atoms with Crippen molar-refractivity contribution in [3.05, 3.63) is 12.2 Å². The van der Waals surface area contributed by atoms with Crippen molar-refractivity contribution in [1.29, 1.82) is 0 Å². The normalized spacial score (nSPS) is 39.1. The molecule has 0 amide bonds. The van der Waals surface area contributed by atoms with Crippen LogP contribution in [0.5, 0.6) is 0 Å². The van der Waals surface area contributed by atoms with Crippen molar-refractivity contribution in [2.75, 3.05) is 6.61 Å². The molecule has 4 atom stereocenters. The first-order valence-corrected chi connectivity index (χ1v) is 5.17. The van der Waals surface area contributed by atoms with E-state index >= 15 is 0 Å². The van der Waals surface area contributed by atoms with Crippen LogP contribution in [-0.4, -0.2) is 25.1 Å². The van der Waals surface area contributed by atoms with Crippen LogP contribution in [0, 0.1) is 5.92 Å². The van der Waals surface area contributed by atoms with Gasteiger partial charge < -0.3 is 4.74 Å². The summed E-state index contributed by atoms with van der Waals surface area (Å²) in [5, 5.41) is 0. The fourth-order valence-corrected chi connectivity index (χ4v) is 1.72. The van der Waals surface area contributed by atoms with Crippen molar-refractivity contribution in [2.45, 2.75) is 45.1 Å². The lowest BCUT2D eigenvalue weighted by molar-refractivity contribution is -0.0631. The maximum absolute atomic E-state index is 13.4. The van der Waals surface area contributed by atoms with Gasteiger partial charge in [-0.05, 0) is 25.7 Å². The second-order valence-electron chi connectivity index (χ2n) is 3.88. The van der Waals surface area contributed by atoms with Crippen LogP contribution in [0.25, 0.3) is 0 Å². The van der Waals surface area contributed by atoms with E-state index in [-0.39, 0.29) is 5.92 Å². The summed E-state index contributed by atoms with van der Waals surface area (Å²) in [6, 6.07) is 0. The summed E-state index contributed by atoms with van der Waals surface area (Å²) in [4.78, 5) is 0. The molecule has 0 spiro atoms. The van der Waals surface area contributed by atoms with Gasteiger partial charge in [-0.15, -0.1) is 0 Å². The quantitative estimate of drug-likeness (QED) is 0.642. The van der Waals surface area contributed by atoms with Crippen molar-refractivity contribution >= 4 is 0 Å². The molecule has 1 rings (SSSR count). The molecule has 1 fully saturated rings. The molecule has 1 aliphatic carbocycles. The first-order valence-electron chi connectivity index (χ1n) is 5.17. The zero-order valence-electron chi connectivity index (χ0n) is 8.75. The van der Waals surface area contributed by atoms with Gasteiger partial charge in [0.2, 0.25) is 0 Å². The standard InChI is InChI=1S/C11H18F2O/c1-3-4-7-14-9-6-5-8(2)10(12)11(9)13/h3-4,8-11H,5-7H2,1-2H3. The number of allylic oxidation sites excluding steroid dienone is 1. The highest BCUT2D eigenvalue weighted by Gasteiger charge is 2.38. The van der Waals surface area contributed by atoms with E-state index in [1.807, 2.05) is 13.0 Å². The van der Waals surface area contributed by atoms with Gasteiger partial charge in [0.25, 0.3) is 0 Å². The van der Waals surface area contributed by atoms with Gasteiger partial charge in [-0.3, -0.25) is 0 Å². The number of hydrogen-bond donors (Lipinski definition) is 0.